The highest BCUT2D eigenvalue weighted by Crippen LogP contribution is 2.27. The molecule has 4 nitrogen and oxygen atoms in total. The zero-order valence-electron chi connectivity index (χ0n) is 11.3. The first-order chi connectivity index (χ1) is 9.65. The van der Waals surface area contributed by atoms with Gasteiger partial charge in [-0.2, -0.15) is 5.26 Å². The molecule has 1 aromatic carbocycles. The number of hydrogen-bond acceptors (Lipinski definition) is 2. The molecule has 106 valence electrons. The van der Waals surface area contributed by atoms with E-state index in [1.807, 2.05) is 0 Å². The number of nitriles is 1. The molecule has 2 N–H and O–H groups in total. The molecule has 0 spiro atoms. The summed E-state index contributed by atoms with van der Waals surface area (Å²) in [5.41, 5.74) is -0.199. The third-order valence-corrected chi connectivity index (χ3v) is 3.98. The molecule has 2 rings (SSSR count). The monoisotopic (exact) mass is 291 g/mol. The number of carbonyl (C=O) groups is 1. The third kappa shape index (κ3) is 3.64. The van der Waals surface area contributed by atoms with Gasteiger partial charge in [0.2, 0.25) is 0 Å². The molecule has 1 aromatic rings. The van der Waals surface area contributed by atoms with Gasteiger partial charge < -0.3 is 10.6 Å². The molecular formula is C15H18ClN3O. The Morgan fingerprint density at radius 1 is 1.20 bits per heavy atom. The van der Waals surface area contributed by atoms with Crippen molar-refractivity contribution in [2.75, 3.05) is 5.32 Å². The lowest BCUT2D eigenvalue weighted by atomic mass is 9.92. The summed E-state index contributed by atoms with van der Waals surface area (Å²) in [6, 6.07) is 8.95. The minimum absolute atomic E-state index is 0.374. The average Bonchev–Trinajstić information content (AvgIpc) is 2.67. The van der Waals surface area contributed by atoms with Crippen LogP contribution in [0.25, 0.3) is 0 Å². The number of urea groups is 1. The third-order valence-electron chi connectivity index (χ3n) is 3.65. The summed E-state index contributed by atoms with van der Waals surface area (Å²) in [6.07, 6.45) is 5.60. The maximum absolute atomic E-state index is 12.1. The first kappa shape index (κ1) is 14.7. The number of benzene rings is 1. The summed E-state index contributed by atoms with van der Waals surface area (Å²) in [5.74, 6) is 0. The average molecular weight is 292 g/mol. The zero-order chi connectivity index (χ0) is 14.4. The predicted molar refractivity (Wildman–Crippen MR) is 79.7 cm³/mol. The molecule has 0 heterocycles. The van der Waals surface area contributed by atoms with Gasteiger partial charge in [-0.25, -0.2) is 4.79 Å². The molecule has 1 aliphatic rings. The van der Waals surface area contributed by atoms with Crippen molar-refractivity contribution in [3.05, 3.63) is 29.3 Å². The standard InChI is InChI=1S/C15H18ClN3O/c16-12-7-3-4-8-13(12)18-14(20)19-15(11-17)9-5-1-2-6-10-15/h3-4,7-8H,1-2,5-6,9-10H2,(H2,18,19,20). The molecule has 0 atom stereocenters. The van der Waals surface area contributed by atoms with E-state index in [2.05, 4.69) is 16.7 Å². The van der Waals surface area contributed by atoms with E-state index in [4.69, 9.17) is 11.6 Å². The summed E-state index contributed by atoms with van der Waals surface area (Å²) in [4.78, 5) is 12.1. The number of rotatable bonds is 2. The maximum atomic E-state index is 12.1. The van der Waals surface area contributed by atoms with Crippen molar-refractivity contribution in [1.82, 2.24) is 5.32 Å². The van der Waals surface area contributed by atoms with Gasteiger partial charge in [0.15, 0.2) is 0 Å². The number of nitrogens with zero attached hydrogens (tertiary/aromatic N) is 1. The van der Waals surface area contributed by atoms with Gasteiger partial charge in [-0.05, 0) is 25.0 Å². The molecule has 1 fully saturated rings. The Hall–Kier alpha value is -1.73. The fraction of sp³-hybridized carbons (Fsp3) is 0.467. The van der Waals surface area contributed by atoms with Gasteiger partial charge >= 0.3 is 6.03 Å². The van der Waals surface area contributed by atoms with Crippen molar-refractivity contribution in [3.8, 4) is 6.07 Å². The van der Waals surface area contributed by atoms with Crippen LogP contribution in [0.15, 0.2) is 24.3 Å². The van der Waals surface area contributed by atoms with Crippen LogP contribution < -0.4 is 10.6 Å². The Kier molecular flexibility index (Phi) is 4.86. The van der Waals surface area contributed by atoms with Crippen LogP contribution in [0.1, 0.15) is 38.5 Å². The largest absolute Gasteiger partial charge is 0.320 e. The molecule has 1 saturated carbocycles. The molecule has 5 heteroatoms. The van der Waals surface area contributed by atoms with E-state index in [-0.39, 0.29) is 6.03 Å². The van der Waals surface area contributed by atoms with Crippen molar-refractivity contribution in [2.45, 2.75) is 44.1 Å². The van der Waals surface area contributed by atoms with Crippen molar-refractivity contribution in [2.24, 2.45) is 0 Å². The lowest BCUT2D eigenvalue weighted by Gasteiger charge is -2.26. The Labute approximate surface area is 124 Å². The normalized spacial score (nSPS) is 17.6. The first-order valence-corrected chi connectivity index (χ1v) is 7.28. The van der Waals surface area contributed by atoms with Gasteiger partial charge in [0.25, 0.3) is 0 Å². The van der Waals surface area contributed by atoms with Crippen LogP contribution in [-0.2, 0) is 0 Å². The van der Waals surface area contributed by atoms with Gasteiger partial charge in [0.1, 0.15) is 5.54 Å². The summed E-state index contributed by atoms with van der Waals surface area (Å²) in [7, 11) is 0. The van der Waals surface area contributed by atoms with Crippen LogP contribution in [0.3, 0.4) is 0 Å². The zero-order valence-corrected chi connectivity index (χ0v) is 12.0. The van der Waals surface area contributed by atoms with E-state index < -0.39 is 5.54 Å². The van der Waals surface area contributed by atoms with E-state index in [0.717, 1.165) is 25.7 Å². The molecular weight excluding hydrogens is 274 g/mol. The molecule has 0 radical (unpaired) electrons. The highest BCUT2D eigenvalue weighted by atomic mass is 35.5. The fourth-order valence-corrected chi connectivity index (χ4v) is 2.71. The second-order valence-electron chi connectivity index (χ2n) is 5.17. The summed E-state index contributed by atoms with van der Waals surface area (Å²) in [5, 5.41) is 15.4. The van der Waals surface area contributed by atoms with Gasteiger partial charge in [-0.3, -0.25) is 0 Å². The Morgan fingerprint density at radius 3 is 2.45 bits per heavy atom. The molecule has 0 aliphatic heterocycles. The molecule has 0 aromatic heterocycles. The van der Waals surface area contributed by atoms with Gasteiger partial charge in [-0.1, -0.05) is 49.4 Å². The molecule has 0 unspecified atom stereocenters. The van der Waals surface area contributed by atoms with Crippen LogP contribution in [-0.4, -0.2) is 11.6 Å². The minimum atomic E-state index is -0.748. The number of hydrogen-bond donors (Lipinski definition) is 2. The molecule has 1 aliphatic carbocycles. The summed E-state index contributed by atoms with van der Waals surface area (Å²) < 4.78 is 0. The highest BCUT2D eigenvalue weighted by molar-refractivity contribution is 6.33. The summed E-state index contributed by atoms with van der Waals surface area (Å²) >= 11 is 6.00. The number of amides is 2. The summed E-state index contributed by atoms with van der Waals surface area (Å²) in [6.45, 7) is 0. The van der Waals surface area contributed by atoms with Crippen molar-refractivity contribution in [3.63, 3.8) is 0 Å². The quantitative estimate of drug-likeness (QED) is 0.806. The Morgan fingerprint density at radius 2 is 1.85 bits per heavy atom. The lowest BCUT2D eigenvalue weighted by molar-refractivity contribution is 0.240. The second-order valence-corrected chi connectivity index (χ2v) is 5.57. The van der Waals surface area contributed by atoms with Crippen LogP contribution in [0, 0.1) is 11.3 Å². The smallest absolute Gasteiger partial charge is 0.319 e. The van der Waals surface area contributed by atoms with Crippen molar-refractivity contribution >= 4 is 23.3 Å². The molecule has 2 amide bonds. The Balaban J connectivity index is 2.03. The van der Waals surface area contributed by atoms with Crippen LogP contribution in [0.4, 0.5) is 10.5 Å². The van der Waals surface area contributed by atoms with E-state index in [1.165, 1.54) is 0 Å². The van der Waals surface area contributed by atoms with E-state index >= 15 is 0 Å². The van der Waals surface area contributed by atoms with Crippen LogP contribution in [0.5, 0.6) is 0 Å². The molecule has 0 bridgehead atoms. The van der Waals surface area contributed by atoms with Crippen LogP contribution >= 0.6 is 11.6 Å². The SMILES string of the molecule is N#CC1(NC(=O)Nc2ccccc2Cl)CCCCCC1. The Bertz CT molecular complexity index is 516. The minimum Gasteiger partial charge on any atom is -0.319 e. The van der Waals surface area contributed by atoms with Gasteiger partial charge in [0.05, 0.1) is 16.8 Å². The maximum Gasteiger partial charge on any atom is 0.320 e. The van der Waals surface area contributed by atoms with E-state index in [0.29, 0.717) is 23.6 Å². The number of halogens is 1. The molecule has 0 saturated heterocycles. The van der Waals surface area contributed by atoms with E-state index in [9.17, 15) is 10.1 Å². The second kappa shape index (κ2) is 6.62. The van der Waals surface area contributed by atoms with Gasteiger partial charge in [-0.15, -0.1) is 0 Å². The predicted octanol–water partition coefficient (Wildman–Crippen LogP) is 4.08. The van der Waals surface area contributed by atoms with Gasteiger partial charge in [0, 0.05) is 0 Å². The fourth-order valence-electron chi connectivity index (χ4n) is 2.53. The number of para-hydroxylation sites is 1. The molecule has 20 heavy (non-hydrogen) atoms. The van der Waals surface area contributed by atoms with Crippen LogP contribution in [0.2, 0.25) is 5.02 Å². The van der Waals surface area contributed by atoms with Crippen molar-refractivity contribution in [1.29, 1.82) is 5.26 Å². The number of carbonyl (C=O) groups excluding carboxylic acids is 1. The van der Waals surface area contributed by atoms with E-state index in [1.54, 1.807) is 24.3 Å². The highest BCUT2D eigenvalue weighted by Gasteiger charge is 2.32. The first-order valence-electron chi connectivity index (χ1n) is 6.90. The number of nitrogens with one attached hydrogen (secondary N) is 2. The topological polar surface area (TPSA) is 64.9 Å². The van der Waals surface area contributed by atoms with Crippen molar-refractivity contribution < 1.29 is 4.79 Å². The lowest BCUT2D eigenvalue weighted by Crippen LogP contribution is -2.48. The number of anilines is 1.